The third-order valence-electron chi connectivity index (χ3n) is 4.35. The molecule has 1 aliphatic rings. The molecule has 0 amide bonds. The smallest absolute Gasteiger partial charge is 0.273 e. The Labute approximate surface area is 134 Å². The molecule has 0 heterocycles. The number of rotatable bonds is 5. The molecule has 1 fully saturated rings. The van der Waals surface area contributed by atoms with Crippen molar-refractivity contribution in [3.63, 3.8) is 0 Å². The highest BCUT2D eigenvalue weighted by Crippen LogP contribution is 2.31. The fourth-order valence-electron chi connectivity index (χ4n) is 3.32. The highest BCUT2D eigenvalue weighted by Gasteiger charge is 2.26. The summed E-state index contributed by atoms with van der Waals surface area (Å²) in [5.41, 5.74) is 1.10. The Morgan fingerprint density at radius 1 is 1.33 bits per heavy atom. The molecular weight excluding hydrogens is 332 g/mol. The predicted octanol–water partition coefficient (Wildman–Crippen LogP) is 4.46. The van der Waals surface area contributed by atoms with Gasteiger partial charge in [-0.3, -0.25) is 10.1 Å². The molecule has 1 aromatic rings. The number of nitrogens with zero attached hydrogens (tertiary/aromatic N) is 1. The Hall–Kier alpha value is -0.940. The number of hydrogen-bond acceptors (Lipinski definition) is 3. The van der Waals surface area contributed by atoms with Crippen molar-refractivity contribution in [2.75, 3.05) is 6.54 Å². The Kier molecular flexibility index (Phi) is 6.18. The van der Waals surface area contributed by atoms with Crippen molar-refractivity contribution >= 4 is 21.6 Å². The average Bonchev–Trinajstić information content (AvgIpc) is 2.67. The molecule has 0 aliphatic heterocycles. The molecule has 2 atom stereocenters. The van der Waals surface area contributed by atoms with Gasteiger partial charge in [0.2, 0.25) is 0 Å². The van der Waals surface area contributed by atoms with Crippen LogP contribution in [0.25, 0.3) is 0 Å². The molecule has 0 bridgehead atoms. The van der Waals surface area contributed by atoms with Gasteiger partial charge in [-0.15, -0.1) is 0 Å². The molecule has 1 aliphatic carbocycles. The van der Waals surface area contributed by atoms with E-state index in [1.165, 1.54) is 25.7 Å². The van der Waals surface area contributed by atoms with Crippen LogP contribution < -0.4 is 5.32 Å². The number of nitro benzene ring substituents is 1. The lowest BCUT2D eigenvalue weighted by Gasteiger charge is -2.26. The molecule has 1 saturated carbocycles. The summed E-state index contributed by atoms with van der Waals surface area (Å²) in [4.78, 5) is 11.0. The first-order valence-corrected chi connectivity index (χ1v) is 8.57. The average molecular weight is 355 g/mol. The maximum Gasteiger partial charge on any atom is 0.273 e. The summed E-state index contributed by atoms with van der Waals surface area (Å²) < 4.78 is 0.766. The van der Waals surface area contributed by atoms with Gasteiger partial charge in [0.15, 0.2) is 0 Å². The van der Waals surface area contributed by atoms with Gasteiger partial charge in [0.05, 0.1) is 4.92 Å². The third kappa shape index (κ3) is 4.51. The van der Waals surface area contributed by atoms with Gasteiger partial charge < -0.3 is 5.32 Å². The molecular formula is C16H23BrN2O2. The molecule has 2 rings (SSSR count). The standard InChI is InChI=1S/C16H23BrN2O2/c1-2-18-15-7-5-3-4-6-12(15)10-13-8-9-14(17)11-16(13)19(20)21/h8-9,11-12,15,18H,2-7,10H2,1H3. The lowest BCUT2D eigenvalue weighted by atomic mass is 9.88. The minimum absolute atomic E-state index is 0.240. The highest BCUT2D eigenvalue weighted by atomic mass is 79.9. The van der Waals surface area contributed by atoms with E-state index in [0.717, 1.165) is 29.4 Å². The van der Waals surface area contributed by atoms with Crippen molar-refractivity contribution in [3.8, 4) is 0 Å². The number of nitro groups is 1. The van der Waals surface area contributed by atoms with Crippen LogP contribution in [0.1, 0.15) is 44.6 Å². The number of benzene rings is 1. The second kappa shape index (κ2) is 7.90. The van der Waals surface area contributed by atoms with Crippen LogP contribution in [0.2, 0.25) is 0 Å². The molecule has 0 aromatic heterocycles. The van der Waals surface area contributed by atoms with Crippen LogP contribution in [-0.4, -0.2) is 17.5 Å². The topological polar surface area (TPSA) is 55.2 Å². The summed E-state index contributed by atoms with van der Waals surface area (Å²) in [5, 5.41) is 14.8. The van der Waals surface area contributed by atoms with Crippen LogP contribution in [-0.2, 0) is 6.42 Å². The van der Waals surface area contributed by atoms with Gasteiger partial charge in [-0.25, -0.2) is 0 Å². The van der Waals surface area contributed by atoms with Gasteiger partial charge in [0, 0.05) is 22.1 Å². The van der Waals surface area contributed by atoms with E-state index >= 15 is 0 Å². The largest absolute Gasteiger partial charge is 0.314 e. The van der Waals surface area contributed by atoms with Crippen LogP contribution in [0.4, 0.5) is 5.69 Å². The molecule has 0 saturated heterocycles. The van der Waals surface area contributed by atoms with Crippen LogP contribution in [0.15, 0.2) is 22.7 Å². The van der Waals surface area contributed by atoms with Crippen molar-refractivity contribution in [1.29, 1.82) is 0 Å². The molecule has 4 nitrogen and oxygen atoms in total. The quantitative estimate of drug-likeness (QED) is 0.482. The van der Waals surface area contributed by atoms with E-state index < -0.39 is 0 Å². The first-order chi connectivity index (χ1) is 10.1. The Morgan fingerprint density at radius 2 is 2.10 bits per heavy atom. The number of nitrogens with one attached hydrogen (secondary N) is 1. The normalized spacial score (nSPS) is 22.8. The molecule has 0 spiro atoms. The van der Waals surface area contributed by atoms with E-state index in [1.807, 2.05) is 12.1 Å². The zero-order valence-electron chi connectivity index (χ0n) is 12.5. The SMILES string of the molecule is CCNC1CCCCCC1Cc1ccc(Br)cc1[N+](=O)[O-]. The molecule has 21 heavy (non-hydrogen) atoms. The summed E-state index contributed by atoms with van der Waals surface area (Å²) in [7, 11) is 0. The van der Waals surface area contributed by atoms with Crippen molar-refractivity contribution in [2.45, 2.75) is 51.5 Å². The van der Waals surface area contributed by atoms with Crippen molar-refractivity contribution in [1.82, 2.24) is 5.32 Å². The van der Waals surface area contributed by atoms with Crippen LogP contribution >= 0.6 is 15.9 Å². The first kappa shape index (κ1) is 16.4. The summed E-state index contributed by atoms with van der Waals surface area (Å²) in [6, 6.07) is 5.91. The first-order valence-electron chi connectivity index (χ1n) is 7.78. The van der Waals surface area contributed by atoms with Gasteiger partial charge in [-0.1, -0.05) is 48.2 Å². The summed E-state index contributed by atoms with van der Waals surface area (Å²) >= 11 is 3.32. The van der Waals surface area contributed by atoms with Crippen molar-refractivity contribution in [2.24, 2.45) is 5.92 Å². The van der Waals surface area contributed by atoms with Crippen LogP contribution in [0, 0.1) is 16.0 Å². The second-order valence-corrected chi connectivity index (χ2v) is 6.71. The molecule has 1 N–H and O–H groups in total. The van der Waals surface area contributed by atoms with Gasteiger partial charge >= 0.3 is 0 Å². The lowest BCUT2D eigenvalue weighted by molar-refractivity contribution is -0.385. The molecule has 116 valence electrons. The maximum atomic E-state index is 11.3. The summed E-state index contributed by atoms with van der Waals surface area (Å²) in [5.74, 6) is 0.493. The van der Waals surface area contributed by atoms with Crippen molar-refractivity contribution < 1.29 is 4.92 Å². The van der Waals surface area contributed by atoms with E-state index in [1.54, 1.807) is 6.07 Å². The Morgan fingerprint density at radius 3 is 2.81 bits per heavy atom. The van der Waals surface area contributed by atoms with Crippen LogP contribution in [0.5, 0.6) is 0 Å². The zero-order chi connectivity index (χ0) is 15.2. The van der Waals surface area contributed by atoms with Crippen LogP contribution in [0.3, 0.4) is 0 Å². The van der Waals surface area contributed by atoms with Gasteiger partial charge in [0.25, 0.3) is 5.69 Å². The molecule has 2 unspecified atom stereocenters. The predicted molar refractivity (Wildman–Crippen MR) is 88.5 cm³/mol. The summed E-state index contributed by atoms with van der Waals surface area (Å²) in [6.07, 6.45) is 6.91. The Bertz CT molecular complexity index is 493. The van der Waals surface area contributed by atoms with E-state index in [0.29, 0.717) is 12.0 Å². The fourth-order valence-corrected chi connectivity index (χ4v) is 3.67. The maximum absolute atomic E-state index is 11.3. The van der Waals surface area contributed by atoms with E-state index in [-0.39, 0.29) is 10.6 Å². The number of halogens is 1. The second-order valence-electron chi connectivity index (χ2n) is 5.80. The molecule has 0 radical (unpaired) electrons. The minimum atomic E-state index is -0.265. The van der Waals surface area contributed by atoms with Gasteiger partial charge in [0.1, 0.15) is 0 Å². The van der Waals surface area contributed by atoms with Gasteiger partial charge in [-0.2, -0.15) is 0 Å². The fraction of sp³-hybridized carbons (Fsp3) is 0.625. The molecule has 5 heteroatoms. The monoisotopic (exact) mass is 354 g/mol. The third-order valence-corrected chi connectivity index (χ3v) is 4.84. The lowest BCUT2D eigenvalue weighted by Crippen LogP contribution is -2.36. The van der Waals surface area contributed by atoms with E-state index in [4.69, 9.17) is 0 Å². The van der Waals surface area contributed by atoms with Crippen molar-refractivity contribution in [3.05, 3.63) is 38.3 Å². The zero-order valence-corrected chi connectivity index (χ0v) is 14.1. The Balaban J connectivity index is 2.19. The van der Waals surface area contributed by atoms with Gasteiger partial charge in [-0.05, 0) is 37.8 Å². The highest BCUT2D eigenvalue weighted by molar-refractivity contribution is 9.10. The molecule has 1 aromatic carbocycles. The minimum Gasteiger partial charge on any atom is -0.314 e. The number of hydrogen-bond donors (Lipinski definition) is 1. The summed E-state index contributed by atoms with van der Waals surface area (Å²) in [6.45, 7) is 3.09. The van der Waals surface area contributed by atoms with E-state index in [2.05, 4.69) is 28.2 Å². The van der Waals surface area contributed by atoms with E-state index in [9.17, 15) is 10.1 Å².